The Morgan fingerprint density at radius 1 is 1.03 bits per heavy atom. The van der Waals surface area contributed by atoms with Crippen LogP contribution in [0.1, 0.15) is 106 Å². The lowest BCUT2D eigenvalue weighted by Crippen LogP contribution is -2.61. The summed E-state index contributed by atoms with van der Waals surface area (Å²) in [5, 5.41) is 6.45. The molecular weight excluding hydrogens is 524 g/mol. The molecule has 0 spiro atoms. The third kappa shape index (κ3) is 5.98. The zero-order valence-corrected chi connectivity index (χ0v) is 26.5. The van der Waals surface area contributed by atoms with Gasteiger partial charge in [0.2, 0.25) is 5.91 Å². The summed E-state index contributed by atoms with van der Waals surface area (Å²) in [7, 11) is 0. The van der Waals surface area contributed by atoms with Crippen molar-refractivity contribution in [2.24, 2.45) is 35.5 Å². The topological polar surface area (TPSA) is 47.6 Å². The third-order valence-corrected chi connectivity index (χ3v) is 12.4. The Bertz CT molecular complexity index is 741. The molecule has 0 aromatic rings. The fraction of sp³-hybridized carbons (Fsp3) is 0.968. The molecular formula is C31H57BrN4O. The first-order valence-corrected chi connectivity index (χ1v) is 16.9. The first-order valence-electron chi connectivity index (χ1n) is 16.0. The van der Waals surface area contributed by atoms with Gasteiger partial charge in [-0.2, -0.15) is 0 Å². The number of fused-ring (bicyclic) bond motifs is 1. The summed E-state index contributed by atoms with van der Waals surface area (Å²) in [5.41, 5.74) is 4.12. The van der Waals surface area contributed by atoms with E-state index in [1.807, 2.05) is 0 Å². The van der Waals surface area contributed by atoms with Crippen LogP contribution in [0.3, 0.4) is 0 Å². The van der Waals surface area contributed by atoms with E-state index in [2.05, 4.69) is 85.0 Å². The maximum absolute atomic E-state index is 14.3. The summed E-state index contributed by atoms with van der Waals surface area (Å²) >= 11 is 3.91. The normalized spacial score (nSPS) is 42.1. The van der Waals surface area contributed by atoms with Gasteiger partial charge in [-0.25, -0.2) is 5.01 Å². The Morgan fingerprint density at radius 2 is 1.73 bits per heavy atom. The van der Waals surface area contributed by atoms with Crippen LogP contribution in [-0.2, 0) is 4.79 Å². The second kappa shape index (κ2) is 13.0. The number of halogens is 1. The van der Waals surface area contributed by atoms with Gasteiger partial charge in [-0.3, -0.25) is 10.2 Å². The van der Waals surface area contributed by atoms with Crippen LogP contribution in [0.15, 0.2) is 0 Å². The molecule has 0 aromatic heterocycles. The Kier molecular flexibility index (Phi) is 10.5. The van der Waals surface area contributed by atoms with E-state index in [9.17, 15) is 4.79 Å². The number of carbonyl (C=O) groups excluding carboxylic acids is 1. The molecule has 4 fully saturated rings. The van der Waals surface area contributed by atoms with Crippen molar-refractivity contribution in [2.75, 3.05) is 13.1 Å². The lowest BCUT2D eigenvalue weighted by molar-refractivity contribution is -0.145. The van der Waals surface area contributed by atoms with Crippen LogP contribution in [-0.4, -0.2) is 63.9 Å². The molecule has 1 amide bonds. The van der Waals surface area contributed by atoms with E-state index in [0.29, 0.717) is 52.7 Å². The molecule has 214 valence electrons. The van der Waals surface area contributed by atoms with Crippen molar-refractivity contribution in [1.82, 2.24) is 20.7 Å². The van der Waals surface area contributed by atoms with Gasteiger partial charge in [0.05, 0.1) is 5.92 Å². The Balaban J connectivity index is 1.54. The zero-order valence-electron chi connectivity index (χ0n) is 24.9. The van der Waals surface area contributed by atoms with Gasteiger partial charge in [-0.15, -0.1) is 0 Å². The number of hydrogen-bond acceptors (Lipinski definition) is 4. The van der Waals surface area contributed by atoms with Crippen molar-refractivity contribution in [3.63, 3.8) is 0 Å². The van der Waals surface area contributed by atoms with Gasteiger partial charge in [0, 0.05) is 47.5 Å². The molecule has 2 aliphatic carbocycles. The fourth-order valence-electron chi connectivity index (χ4n) is 8.63. The number of carbonyl (C=O) groups is 1. The number of rotatable bonds is 8. The van der Waals surface area contributed by atoms with E-state index in [4.69, 9.17) is 0 Å². The predicted octanol–water partition coefficient (Wildman–Crippen LogP) is 6.22. The first-order chi connectivity index (χ1) is 17.7. The molecule has 5 nitrogen and oxygen atoms in total. The van der Waals surface area contributed by atoms with E-state index < -0.39 is 0 Å². The quantitative estimate of drug-likeness (QED) is 0.334. The number of alkyl halides is 1. The van der Waals surface area contributed by atoms with Crippen molar-refractivity contribution in [2.45, 2.75) is 141 Å². The van der Waals surface area contributed by atoms with Gasteiger partial charge in [-0.1, -0.05) is 70.8 Å². The standard InChI is InChI=1S/C31H57BrN4O/c1-8-20(6)29-28-26(9-2)35(31(37)24-15-16-25(32)21(7)30(24)33-10-3)18-17-27(28)36(34-29)23-13-11-22(12-14-23)19(4)5/h19-30,33-34H,8-18H2,1-7H3. The largest absolute Gasteiger partial charge is 0.339 e. The van der Waals surface area contributed by atoms with Crippen LogP contribution < -0.4 is 10.7 Å². The van der Waals surface area contributed by atoms with E-state index in [0.717, 1.165) is 50.6 Å². The minimum absolute atomic E-state index is 0.105. The van der Waals surface area contributed by atoms with Crippen molar-refractivity contribution in [1.29, 1.82) is 0 Å². The van der Waals surface area contributed by atoms with Gasteiger partial charge in [0.1, 0.15) is 0 Å². The summed E-state index contributed by atoms with van der Waals surface area (Å²) in [5.74, 6) is 3.85. The molecule has 9 unspecified atom stereocenters. The first kappa shape index (κ1) is 29.8. The molecule has 0 aromatic carbocycles. The Morgan fingerprint density at radius 3 is 2.32 bits per heavy atom. The van der Waals surface area contributed by atoms with Crippen molar-refractivity contribution >= 4 is 21.8 Å². The summed E-state index contributed by atoms with van der Waals surface area (Å²) in [6, 6.07) is 2.31. The number of hydrazine groups is 1. The van der Waals surface area contributed by atoms with E-state index in [1.54, 1.807) is 0 Å². The van der Waals surface area contributed by atoms with E-state index in [1.165, 1.54) is 32.1 Å². The van der Waals surface area contributed by atoms with Crippen molar-refractivity contribution in [3.05, 3.63) is 0 Å². The Hall–Kier alpha value is -0.170. The monoisotopic (exact) mass is 580 g/mol. The van der Waals surface area contributed by atoms with Gasteiger partial charge in [0.25, 0.3) is 0 Å². The molecule has 2 aliphatic heterocycles. The minimum Gasteiger partial charge on any atom is -0.339 e. The van der Waals surface area contributed by atoms with Crippen molar-refractivity contribution < 1.29 is 4.79 Å². The summed E-state index contributed by atoms with van der Waals surface area (Å²) in [6.45, 7) is 18.3. The Labute approximate surface area is 236 Å². The van der Waals surface area contributed by atoms with Gasteiger partial charge >= 0.3 is 0 Å². The second-order valence-corrected chi connectivity index (χ2v) is 14.5. The van der Waals surface area contributed by atoms with E-state index in [-0.39, 0.29) is 12.0 Å². The lowest BCUT2D eigenvalue weighted by atomic mass is 9.73. The summed E-state index contributed by atoms with van der Waals surface area (Å²) in [4.78, 5) is 17.2. The maximum atomic E-state index is 14.3. The number of hydrogen-bond donors (Lipinski definition) is 2. The van der Waals surface area contributed by atoms with Gasteiger partial charge in [0.15, 0.2) is 0 Å². The zero-order chi connectivity index (χ0) is 26.9. The number of nitrogens with one attached hydrogen (secondary N) is 2. The lowest BCUT2D eigenvalue weighted by Gasteiger charge is -2.49. The second-order valence-electron chi connectivity index (χ2n) is 13.3. The van der Waals surface area contributed by atoms with Gasteiger partial charge in [-0.05, 0) is 81.6 Å². The molecule has 2 heterocycles. The van der Waals surface area contributed by atoms with E-state index >= 15 is 0 Å². The third-order valence-electron chi connectivity index (χ3n) is 11.1. The van der Waals surface area contributed by atoms with Crippen LogP contribution >= 0.6 is 15.9 Å². The smallest absolute Gasteiger partial charge is 0.227 e. The maximum Gasteiger partial charge on any atom is 0.227 e. The molecule has 0 radical (unpaired) electrons. The summed E-state index contributed by atoms with van der Waals surface area (Å²) < 4.78 is 0. The molecule has 4 aliphatic rings. The highest BCUT2D eigenvalue weighted by Gasteiger charge is 2.54. The SMILES string of the molecule is CCNC1C(C(=O)N2CCC3C(C(C(C)CC)NN3C3CCC(C(C)C)CC3)C2CC)CCC(Br)C1C. The summed E-state index contributed by atoms with van der Waals surface area (Å²) in [6.07, 6.45) is 10.8. The molecule has 37 heavy (non-hydrogen) atoms. The molecule has 2 saturated carbocycles. The number of likely N-dealkylation sites (tertiary alicyclic amines) is 1. The fourth-order valence-corrected chi connectivity index (χ4v) is 9.22. The average Bonchev–Trinajstić information content (AvgIpc) is 3.30. The van der Waals surface area contributed by atoms with Crippen molar-refractivity contribution in [3.8, 4) is 0 Å². The van der Waals surface area contributed by atoms with Crippen LogP contribution in [0.4, 0.5) is 0 Å². The average molecular weight is 582 g/mol. The number of nitrogens with zero attached hydrogens (tertiary/aromatic N) is 2. The van der Waals surface area contributed by atoms with Crippen LogP contribution in [0.25, 0.3) is 0 Å². The minimum atomic E-state index is 0.105. The predicted molar refractivity (Wildman–Crippen MR) is 159 cm³/mol. The number of amides is 1. The molecule has 0 bridgehead atoms. The van der Waals surface area contributed by atoms with Crippen LogP contribution in [0, 0.1) is 35.5 Å². The van der Waals surface area contributed by atoms with Crippen LogP contribution in [0.2, 0.25) is 0 Å². The molecule has 2 saturated heterocycles. The number of piperidine rings is 1. The molecule has 4 rings (SSSR count). The molecule has 2 N–H and O–H groups in total. The van der Waals surface area contributed by atoms with Crippen LogP contribution in [0.5, 0.6) is 0 Å². The highest BCUT2D eigenvalue weighted by Crippen LogP contribution is 2.44. The highest BCUT2D eigenvalue weighted by atomic mass is 79.9. The highest BCUT2D eigenvalue weighted by molar-refractivity contribution is 9.09. The molecule has 9 atom stereocenters. The van der Waals surface area contributed by atoms with Gasteiger partial charge < -0.3 is 10.2 Å². The molecule has 6 heteroatoms.